The number of hydrogen-bond acceptors (Lipinski definition) is 6. The van der Waals surface area contributed by atoms with E-state index < -0.39 is 5.91 Å². The number of nitrogens with one attached hydrogen (secondary N) is 1. The minimum absolute atomic E-state index is 0.108. The van der Waals surface area contributed by atoms with Gasteiger partial charge in [0.25, 0.3) is 11.8 Å². The van der Waals surface area contributed by atoms with Gasteiger partial charge in [-0.3, -0.25) is 9.59 Å². The summed E-state index contributed by atoms with van der Waals surface area (Å²) in [7, 11) is 1.53. The third-order valence-electron chi connectivity index (χ3n) is 3.49. The van der Waals surface area contributed by atoms with Crippen molar-refractivity contribution >= 4 is 33.8 Å². The van der Waals surface area contributed by atoms with E-state index in [0.717, 1.165) is 6.42 Å². The molecule has 2 heterocycles. The van der Waals surface area contributed by atoms with Crippen LogP contribution in [0.15, 0.2) is 0 Å². The third-order valence-corrected chi connectivity index (χ3v) is 4.77. The quantitative estimate of drug-likeness (QED) is 0.745. The Morgan fingerprint density at radius 1 is 1.52 bits per heavy atom. The van der Waals surface area contributed by atoms with E-state index in [1.165, 1.54) is 18.4 Å². The Morgan fingerprint density at radius 2 is 2.24 bits per heavy atom. The highest BCUT2D eigenvalue weighted by Crippen LogP contribution is 2.38. The Morgan fingerprint density at radius 3 is 2.81 bits per heavy atom. The van der Waals surface area contributed by atoms with Gasteiger partial charge >= 0.3 is 0 Å². The van der Waals surface area contributed by atoms with Crippen molar-refractivity contribution < 1.29 is 14.3 Å². The highest BCUT2D eigenvalue weighted by atomic mass is 32.1. The van der Waals surface area contributed by atoms with E-state index in [2.05, 4.69) is 5.32 Å². The van der Waals surface area contributed by atoms with Gasteiger partial charge in [-0.15, -0.1) is 11.3 Å². The Balaban J connectivity index is 2.44. The fraction of sp³-hybridized carbons (Fsp3) is 0.538. The number of thiophene rings is 1. The Bertz CT molecular complexity index is 558. The maximum atomic E-state index is 12.1. The first-order valence-electron chi connectivity index (χ1n) is 6.80. The molecule has 1 fully saturated rings. The largest absolute Gasteiger partial charge is 0.397 e. The number of nitrogens with two attached hydrogens (primary N) is 2. The van der Waals surface area contributed by atoms with Crippen LogP contribution in [-0.4, -0.2) is 44.7 Å². The van der Waals surface area contributed by atoms with Gasteiger partial charge in [0.05, 0.1) is 24.0 Å². The highest BCUT2D eigenvalue weighted by Gasteiger charge is 2.29. The Labute approximate surface area is 127 Å². The third kappa shape index (κ3) is 2.96. The molecule has 1 unspecified atom stereocenters. The monoisotopic (exact) mass is 312 g/mol. The standard InChI is InChI=1S/C13H20N4O3S/c1-3-7-6-17(4-5-20-7)13-8(12(19)16-2)9(14)10(21-13)11(15)18/h7H,3-6,14H2,1-2H3,(H2,15,18)(H,16,19). The average molecular weight is 312 g/mol. The maximum absolute atomic E-state index is 12.1. The number of anilines is 2. The van der Waals surface area contributed by atoms with E-state index in [9.17, 15) is 9.59 Å². The van der Waals surface area contributed by atoms with Crippen LogP contribution in [0, 0.1) is 0 Å². The molecule has 0 aromatic carbocycles. The molecular formula is C13H20N4O3S. The second kappa shape index (κ2) is 6.31. The number of morpholine rings is 1. The molecule has 1 saturated heterocycles. The molecule has 7 nitrogen and oxygen atoms in total. The van der Waals surface area contributed by atoms with E-state index in [4.69, 9.17) is 16.2 Å². The zero-order valence-electron chi connectivity index (χ0n) is 12.1. The van der Waals surface area contributed by atoms with Gasteiger partial charge in [0.15, 0.2) is 0 Å². The number of carbonyl (C=O) groups is 2. The summed E-state index contributed by atoms with van der Waals surface area (Å²) in [5, 5.41) is 3.24. The van der Waals surface area contributed by atoms with Crippen molar-refractivity contribution in [2.45, 2.75) is 19.4 Å². The summed E-state index contributed by atoms with van der Waals surface area (Å²) in [6, 6.07) is 0. The van der Waals surface area contributed by atoms with Crippen molar-refractivity contribution in [3.8, 4) is 0 Å². The van der Waals surface area contributed by atoms with E-state index in [1.807, 2.05) is 11.8 Å². The summed E-state index contributed by atoms with van der Waals surface area (Å²) < 4.78 is 5.63. The molecule has 1 aromatic rings. The lowest BCUT2D eigenvalue weighted by Gasteiger charge is -2.33. The number of rotatable bonds is 4. The van der Waals surface area contributed by atoms with Gasteiger partial charge < -0.3 is 26.4 Å². The SMILES string of the molecule is CCC1CN(c2sc(C(N)=O)c(N)c2C(=O)NC)CCO1. The molecule has 1 aliphatic heterocycles. The van der Waals surface area contributed by atoms with Crippen LogP contribution in [0.1, 0.15) is 33.4 Å². The van der Waals surface area contributed by atoms with Crippen LogP contribution in [-0.2, 0) is 4.74 Å². The fourth-order valence-corrected chi connectivity index (χ4v) is 3.44. The van der Waals surface area contributed by atoms with Crippen LogP contribution in [0.5, 0.6) is 0 Å². The number of nitrogen functional groups attached to an aromatic ring is 1. The summed E-state index contributed by atoms with van der Waals surface area (Å²) in [6.07, 6.45) is 0.992. The Hall–Kier alpha value is -1.80. The van der Waals surface area contributed by atoms with Gasteiger partial charge in [0.2, 0.25) is 0 Å². The lowest BCUT2D eigenvalue weighted by atomic mass is 10.1. The molecule has 8 heteroatoms. The van der Waals surface area contributed by atoms with Gasteiger partial charge in [0, 0.05) is 20.1 Å². The Kier molecular flexibility index (Phi) is 4.69. The molecule has 116 valence electrons. The smallest absolute Gasteiger partial charge is 0.260 e. The van der Waals surface area contributed by atoms with Crippen molar-refractivity contribution in [1.29, 1.82) is 0 Å². The molecule has 0 saturated carbocycles. The summed E-state index contributed by atoms with van der Waals surface area (Å²) in [5.41, 5.74) is 11.8. The fourth-order valence-electron chi connectivity index (χ4n) is 2.33. The lowest BCUT2D eigenvalue weighted by Crippen LogP contribution is -2.42. The van der Waals surface area contributed by atoms with Gasteiger partial charge in [-0.05, 0) is 6.42 Å². The first kappa shape index (κ1) is 15.6. The van der Waals surface area contributed by atoms with Crippen molar-refractivity contribution in [2.75, 3.05) is 37.4 Å². The van der Waals surface area contributed by atoms with Crippen molar-refractivity contribution in [3.63, 3.8) is 0 Å². The number of carbonyl (C=O) groups excluding carboxylic acids is 2. The van der Waals surface area contributed by atoms with Crippen LogP contribution in [0.25, 0.3) is 0 Å². The van der Waals surface area contributed by atoms with Crippen LogP contribution in [0.4, 0.5) is 10.7 Å². The van der Waals surface area contributed by atoms with E-state index in [1.54, 1.807) is 0 Å². The van der Waals surface area contributed by atoms with Crippen LogP contribution in [0.2, 0.25) is 0 Å². The van der Waals surface area contributed by atoms with Crippen LogP contribution < -0.4 is 21.7 Å². The highest BCUT2D eigenvalue weighted by molar-refractivity contribution is 7.19. The molecule has 0 radical (unpaired) electrons. The molecule has 1 aliphatic rings. The second-order valence-electron chi connectivity index (χ2n) is 4.82. The summed E-state index contributed by atoms with van der Waals surface area (Å²) in [4.78, 5) is 25.8. The normalized spacial score (nSPS) is 18.6. The molecular weight excluding hydrogens is 292 g/mol. The molecule has 0 aliphatic carbocycles. The first-order valence-corrected chi connectivity index (χ1v) is 7.61. The molecule has 1 aromatic heterocycles. The van der Waals surface area contributed by atoms with Gasteiger partial charge in [-0.25, -0.2) is 0 Å². The summed E-state index contributed by atoms with van der Waals surface area (Å²) >= 11 is 1.17. The molecule has 0 spiro atoms. The first-order chi connectivity index (χ1) is 9.99. The maximum Gasteiger partial charge on any atom is 0.260 e. The molecule has 0 bridgehead atoms. The second-order valence-corrected chi connectivity index (χ2v) is 5.81. The summed E-state index contributed by atoms with van der Waals surface area (Å²) in [5.74, 6) is -0.931. The number of hydrogen-bond donors (Lipinski definition) is 3. The van der Waals surface area contributed by atoms with Gasteiger partial charge in [-0.2, -0.15) is 0 Å². The van der Waals surface area contributed by atoms with E-state index >= 15 is 0 Å². The van der Waals surface area contributed by atoms with Gasteiger partial charge in [-0.1, -0.05) is 6.92 Å². The minimum atomic E-state index is -0.616. The van der Waals surface area contributed by atoms with Crippen molar-refractivity contribution in [2.24, 2.45) is 5.73 Å². The molecule has 2 amide bonds. The van der Waals surface area contributed by atoms with E-state index in [-0.39, 0.29) is 22.6 Å². The zero-order valence-corrected chi connectivity index (χ0v) is 13.0. The topological polar surface area (TPSA) is 111 Å². The number of nitrogens with zero attached hydrogens (tertiary/aromatic N) is 1. The van der Waals surface area contributed by atoms with Gasteiger partial charge in [0.1, 0.15) is 9.88 Å². The number of primary amides is 1. The van der Waals surface area contributed by atoms with Crippen LogP contribution >= 0.6 is 11.3 Å². The zero-order chi connectivity index (χ0) is 15.6. The minimum Gasteiger partial charge on any atom is -0.397 e. The van der Waals surface area contributed by atoms with E-state index in [0.29, 0.717) is 30.3 Å². The molecule has 21 heavy (non-hydrogen) atoms. The van der Waals surface area contributed by atoms with Crippen molar-refractivity contribution in [1.82, 2.24) is 5.32 Å². The molecule has 1 atom stereocenters. The summed E-state index contributed by atoms with van der Waals surface area (Å²) in [6.45, 7) is 3.94. The van der Waals surface area contributed by atoms with Crippen molar-refractivity contribution in [3.05, 3.63) is 10.4 Å². The average Bonchev–Trinajstić information content (AvgIpc) is 2.84. The number of amides is 2. The molecule has 5 N–H and O–H groups in total. The molecule has 2 rings (SSSR count). The predicted molar refractivity (Wildman–Crippen MR) is 82.9 cm³/mol. The van der Waals surface area contributed by atoms with Crippen LogP contribution in [0.3, 0.4) is 0 Å². The predicted octanol–water partition coefficient (Wildman–Crippen LogP) is 0.404. The number of ether oxygens (including phenoxy) is 1. The lowest BCUT2D eigenvalue weighted by molar-refractivity contribution is 0.0386.